The van der Waals surface area contributed by atoms with Crippen LogP contribution in [0.1, 0.15) is 45.7 Å². The molecule has 0 aliphatic heterocycles. The highest BCUT2D eigenvalue weighted by Crippen LogP contribution is 2.26. The van der Waals surface area contributed by atoms with Crippen molar-refractivity contribution in [1.29, 1.82) is 0 Å². The molecule has 0 aliphatic carbocycles. The summed E-state index contributed by atoms with van der Waals surface area (Å²) in [6.45, 7) is 7.35. The highest BCUT2D eigenvalue weighted by atomic mass is 32.1. The molecule has 2 atom stereocenters. The third-order valence-electron chi connectivity index (χ3n) is 4.36. The minimum atomic E-state index is -0.709. The van der Waals surface area contributed by atoms with Gasteiger partial charge < -0.3 is 20.7 Å². The maximum atomic E-state index is 12.6. The van der Waals surface area contributed by atoms with Crippen molar-refractivity contribution in [3.05, 3.63) is 35.2 Å². The van der Waals surface area contributed by atoms with Crippen LogP contribution in [0.2, 0.25) is 0 Å². The third kappa shape index (κ3) is 6.84. The van der Waals surface area contributed by atoms with Crippen LogP contribution in [0.25, 0.3) is 11.3 Å². The second-order valence-electron chi connectivity index (χ2n) is 7.39. The van der Waals surface area contributed by atoms with Gasteiger partial charge in [0.15, 0.2) is 5.13 Å². The first kappa shape index (κ1) is 23.3. The molecule has 1 heterocycles. The molecule has 162 valence electrons. The van der Waals surface area contributed by atoms with E-state index in [0.717, 1.165) is 16.8 Å². The quantitative estimate of drug-likeness (QED) is 0.589. The Morgan fingerprint density at radius 2 is 1.77 bits per heavy atom. The first-order valence-electron chi connectivity index (χ1n) is 9.68. The monoisotopic (exact) mass is 432 g/mol. The van der Waals surface area contributed by atoms with Crippen LogP contribution in [0.3, 0.4) is 0 Å². The number of nitrogens with one attached hydrogen (secondary N) is 3. The van der Waals surface area contributed by atoms with Crippen molar-refractivity contribution in [1.82, 2.24) is 15.6 Å². The number of ether oxygens (including phenoxy) is 1. The lowest BCUT2D eigenvalue weighted by Gasteiger charge is -2.18. The Morgan fingerprint density at radius 3 is 2.33 bits per heavy atom. The molecule has 2 rings (SSSR count). The summed E-state index contributed by atoms with van der Waals surface area (Å²) < 4.78 is 4.61. The fourth-order valence-corrected chi connectivity index (χ4v) is 3.61. The molecule has 1 aromatic carbocycles. The zero-order valence-electron chi connectivity index (χ0n) is 17.8. The van der Waals surface area contributed by atoms with Gasteiger partial charge >= 0.3 is 6.09 Å². The first-order chi connectivity index (χ1) is 14.2. The van der Waals surface area contributed by atoms with Crippen LogP contribution in [0.4, 0.5) is 9.93 Å². The molecule has 9 heteroatoms. The summed E-state index contributed by atoms with van der Waals surface area (Å²) in [4.78, 5) is 39.8. The Kier molecular flexibility index (Phi) is 8.35. The van der Waals surface area contributed by atoms with Crippen molar-refractivity contribution < 1.29 is 19.1 Å². The number of benzene rings is 1. The lowest BCUT2D eigenvalue weighted by molar-refractivity contribution is -0.120. The molecule has 1 aromatic heterocycles. The number of anilines is 1. The second kappa shape index (κ2) is 10.7. The molecule has 0 saturated heterocycles. The molecule has 8 nitrogen and oxygen atoms in total. The van der Waals surface area contributed by atoms with Crippen LogP contribution >= 0.6 is 11.3 Å². The van der Waals surface area contributed by atoms with Crippen LogP contribution in [0.5, 0.6) is 0 Å². The van der Waals surface area contributed by atoms with Crippen molar-refractivity contribution in [2.45, 2.75) is 46.2 Å². The van der Waals surface area contributed by atoms with Gasteiger partial charge in [0.2, 0.25) is 11.8 Å². The SMILES string of the molecule is COC(=O)NC(CC(C)C)C(=O)Nc1nc(-c2ccc(C(C)NC(C)=O)cc2)cs1. The van der Waals surface area contributed by atoms with Crippen LogP contribution in [0, 0.1) is 5.92 Å². The number of methoxy groups -OCH3 is 1. The maximum Gasteiger partial charge on any atom is 0.407 e. The average Bonchev–Trinajstić information content (AvgIpc) is 3.15. The van der Waals surface area contributed by atoms with Gasteiger partial charge in [-0.2, -0.15) is 0 Å². The summed E-state index contributed by atoms with van der Waals surface area (Å²) in [5.41, 5.74) is 2.62. The number of alkyl carbamates (subject to hydrolysis) is 1. The Hall–Kier alpha value is -2.94. The number of rotatable bonds is 8. The highest BCUT2D eigenvalue weighted by molar-refractivity contribution is 7.14. The minimum Gasteiger partial charge on any atom is -0.453 e. The summed E-state index contributed by atoms with van der Waals surface area (Å²) >= 11 is 1.31. The number of amides is 3. The van der Waals surface area contributed by atoms with Gasteiger partial charge in [-0.3, -0.25) is 9.59 Å². The molecule has 0 aliphatic rings. The van der Waals surface area contributed by atoms with E-state index >= 15 is 0 Å². The highest BCUT2D eigenvalue weighted by Gasteiger charge is 2.23. The summed E-state index contributed by atoms with van der Waals surface area (Å²) in [6.07, 6.45) is -0.170. The molecule has 3 N–H and O–H groups in total. The van der Waals surface area contributed by atoms with Gasteiger partial charge in [0.25, 0.3) is 0 Å². The fourth-order valence-electron chi connectivity index (χ4n) is 2.89. The van der Waals surface area contributed by atoms with Crippen LogP contribution in [0.15, 0.2) is 29.6 Å². The van der Waals surface area contributed by atoms with E-state index in [0.29, 0.717) is 11.6 Å². The summed E-state index contributed by atoms with van der Waals surface area (Å²) in [5.74, 6) is -0.207. The van der Waals surface area contributed by atoms with Crippen LogP contribution in [-0.2, 0) is 14.3 Å². The normalized spacial score (nSPS) is 12.7. The van der Waals surface area contributed by atoms with E-state index in [1.54, 1.807) is 0 Å². The zero-order valence-corrected chi connectivity index (χ0v) is 18.6. The van der Waals surface area contributed by atoms with Gasteiger partial charge in [0, 0.05) is 17.9 Å². The predicted molar refractivity (Wildman–Crippen MR) is 117 cm³/mol. The van der Waals surface area contributed by atoms with Crippen molar-refractivity contribution in [3.8, 4) is 11.3 Å². The number of carbonyl (C=O) groups excluding carboxylic acids is 3. The molecular weight excluding hydrogens is 404 g/mol. The Bertz CT molecular complexity index is 879. The number of hydrogen-bond donors (Lipinski definition) is 3. The average molecular weight is 433 g/mol. The summed E-state index contributed by atoms with van der Waals surface area (Å²) in [6, 6.07) is 6.93. The van der Waals surface area contributed by atoms with Gasteiger partial charge in [0.05, 0.1) is 18.8 Å². The van der Waals surface area contributed by atoms with Crippen molar-refractivity contribution in [2.24, 2.45) is 5.92 Å². The van der Waals surface area contributed by atoms with E-state index in [-0.39, 0.29) is 23.8 Å². The smallest absolute Gasteiger partial charge is 0.407 e. The van der Waals surface area contributed by atoms with E-state index in [9.17, 15) is 14.4 Å². The molecule has 30 heavy (non-hydrogen) atoms. The van der Waals surface area contributed by atoms with Gasteiger partial charge in [0.1, 0.15) is 6.04 Å². The number of aromatic nitrogens is 1. The second-order valence-corrected chi connectivity index (χ2v) is 8.25. The fraction of sp³-hybridized carbons (Fsp3) is 0.429. The molecule has 2 unspecified atom stereocenters. The van der Waals surface area contributed by atoms with E-state index in [1.807, 2.05) is 50.4 Å². The number of thiazole rings is 1. The predicted octanol–water partition coefficient (Wildman–Crippen LogP) is 3.72. The molecule has 0 fully saturated rings. The lowest BCUT2D eigenvalue weighted by atomic mass is 10.0. The number of hydrogen-bond acceptors (Lipinski definition) is 6. The van der Waals surface area contributed by atoms with Crippen LogP contribution in [-0.4, -0.2) is 36.0 Å². The molecule has 0 spiro atoms. The van der Waals surface area contributed by atoms with Crippen molar-refractivity contribution >= 4 is 34.4 Å². The maximum absolute atomic E-state index is 12.6. The van der Waals surface area contributed by atoms with E-state index in [2.05, 4.69) is 25.7 Å². The topological polar surface area (TPSA) is 109 Å². The number of carbonyl (C=O) groups is 3. The van der Waals surface area contributed by atoms with E-state index in [4.69, 9.17) is 0 Å². The molecule has 3 amide bonds. The van der Waals surface area contributed by atoms with Gasteiger partial charge in [-0.1, -0.05) is 38.1 Å². The van der Waals surface area contributed by atoms with Gasteiger partial charge in [-0.05, 0) is 24.8 Å². The van der Waals surface area contributed by atoms with Crippen molar-refractivity contribution in [3.63, 3.8) is 0 Å². The summed E-state index contributed by atoms with van der Waals surface area (Å²) in [7, 11) is 1.26. The van der Waals surface area contributed by atoms with Crippen LogP contribution < -0.4 is 16.0 Å². The Labute approximate surface area is 180 Å². The van der Waals surface area contributed by atoms with Gasteiger partial charge in [-0.25, -0.2) is 9.78 Å². The Morgan fingerprint density at radius 1 is 1.10 bits per heavy atom. The lowest BCUT2D eigenvalue weighted by Crippen LogP contribution is -2.44. The standard InChI is InChI=1S/C21H28N4O4S/c1-12(2)10-17(24-21(28)29-5)19(27)25-20-23-18(11-30-20)16-8-6-15(7-9-16)13(3)22-14(4)26/h6-9,11-13,17H,10H2,1-5H3,(H,22,26)(H,24,28)(H,23,25,27). The zero-order chi connectivity index (χ0) is 22.3. The molecule has 0 saturated carbocycles. The molecule has 0 bridgehead atoms. The molecular formula is C21H28N4O4S. The number of nitrogens with zero attached hydrogens (tertiary/aromatic N) is 1. The third-order valence-corrected chi connectivity index (χ3v) is 5.12. The van der Waals surface area contributed by atoms with E-state index < -0.39 is 12.1 Å². The minimum absolute atomic E-state index is 0.0797. The van der Waals surface area contributed by atoms with Gasteiger partial charge in [-0.15, -0.1) is 11.3 Å². The van der Waals surface area contributed by atoms with E-state index in [1.165, 1.54) is 25.4 Å². The van der Waals surface area contributed by atoms with Crippen molar-refractivity contribution in [2.75, 3.05) is 12.4 Å². The summed E-state index contributed by atoms with van der Waals surface area (Å²) in [5, 5.41) is 10.5. The largest absolute Gasteiger partial charge is 0.453 e. The molecule has 2 aromatic rings. The first-order valence-corrected chi connectivity index (χ1v) is 10.6. The Balaban J connectivity index is 2.07. The molecule has 0 radical (unpaired) electrons.